The zero-order valence-corrected chi connectivity index (χ0v) is 13.4. The van der Waals surface area contributed by atoms with E-state index in [1.165, 1.54) is 18.3 Å². The Hall–Kier alpha value is -2.43. The van der Waals surface area contributed by atoms with Crippen LogP contribution in [0, 0.1) is 0 Å². The lowest BCUT2D eigenvalue weighted by molar-refractivity contribution is 0.0939. The van der Waals surface area contributed by atoms with Crippen molar-refractivity contribution in [3.63, 3.8) is 0 Å². The largest absolute Gasteiger partial charge is 0.473 e. The van der Waals surface area contributed by atoms with E-state index in [1.54, 1.807) is 18.2 Å². The highest BCUT2D eigenvalue weighted by atomic mass is 19.1. The average Bonchev–Trinajstić information content (AvgIpc) is 2.77. The van der Waals surface area contributed by atoms with E-state index < -0.39 is 0 Å². The van der Waals surface area contributed by atoms with Crippen LogP contribution in [0.25, 0.3) is 0 Å². The molecule has 1 aliphatic rings. The van der Waals surface area contributed by atoms with E-state index in [9.17, 15) is 9.18 Å². The standard InChI is InChI=1S/C18H21FN2O2/c1-3-13(2)21-18(22)15-8-9-17(20-11-15)23-12-14-6-4-5-7-16(19)10-14/h4-5,7-11,13H,3,6,12H2,1-2H3,(H,21,22). The van der Waals surface area contributed by atoms with Gasteiger partial charge >= 0.3 is 0 Å². The number of pyridine rings is 1. The fourth-order valence-corrected chi connectivity index (χ4v) is 1.96. The number of nitrogens with one attached hydrogen (secondary N) is 1. The third-order valence-electron chi connectivity index (χ3n) is 3.51. The van der Waals surface area contributed by atoms with Gasteiger partial charge in [0.2, 0.25) is 5.88 Å². The molecule has 4 nitrogen and oxygen atoms in total. The van der Waals surface area contributed by atoms with Gasteiger partial charge in [0.25, 0.3) is 5.91 Å². The molecule has 0 radical (unpaired) electrons. The summed E-state index contributed by atoms with van der Waals surface area (Å²) < 4.78 is 18.9. The maximum Gasteiger partial charge on any atom is 0.253 e. The second-order valence-corrected chi connectivity index (χ2v) is 5.44. The third-order valence-corrected chi connectivity index (χ3v) is 3.51. The lowest BCUT2D eigenvalue weighted by Crippen LogP contribution is -2.31. The number of allylic oxidation sites excluding steroid dienone is 5. The molecule has 0 saturated heterocycles. The summed E-state index contributed by atoms with van der Waals surface area (Å²) in [6.07, 6.45) is 9.42. The van der Waals surface area contributed by atoms with E-state index >= 15 is 0 Å². The van der Waals surface area contributed by atoms with Crippen molar-refractivity contribution in [3.8, 4) is 5.88 Å². The number of aromatic nitrogens is 1. The van der Waals surface area contributed by atoms with Crippen LogP contribution in [-0.2, 0) is 0 Å². The van der Waals surface area contributed by atoms with Crippen LogP contribution in [0.5, 0.6) is 5.88 Å². The zero-order valence-electron chi connectivity index (χ0n) is 13.4. The van der Waals surface area contributed by atoms with Gasteiger partial charge in [-0.15, -0.1) is 0 Å². The minimum Gasteiger partial charge on any atom is -0.473 e. The quantitative estimate of drug-likeness (QED) is 0.870. The molecule has 1 aliphatic carbocycles. The molecule has 1 N–H and O–H groups in total. The van der Waals surface area contributed by atoms with Gasteiger partial charge in [-0.2, -0.15) is 0 Å². The molecule has 23 heavy (non-hydrogen) atoms. The molecule has 1 atom stereocenters. The molecular weight excluding hydrogens is 295 g/mol. The van der Waals surface area contributed by atoms with E-state index in [0.717, 1.165) is 12.0 Å². The predicted molar refractivity (Wildman–Crippen MR) is 88.0 cm³/mol. The number of hydrogen-bond donors (Lipinski definition) is 1. The maximum absolute atomic E-state index is 13.3. The van der Waals surface area contributed by atoms with Gasteiger partial charge < -0.3 is 10.1 Å². The van der Waals surface area contributed by atoms with E-state index in [-0.39, 0.29) is 24.4 Å². The fraction of sp³-hybridized carbons (Fsp3) is 0.333. The topological polar surface area (TPSA) is 51.2 Å². The Morgan fingerprint density at radius 1 is 1.48 bits per heavy atom. The number of amides is 1. The van der Waals surface area contributed by atoms with Gasteiger partial charge in [-0.1, -0.05) is 19.1 Å². The van der Waals surface area contributed by atoms with Crippen molar-refractivity contribution in [2.45, 2.75) is 32.7 Å². The molecule has 1 heterocycles. The van der Waals surface area contributed by atoms with Crippen molar-refractivity contribution in [2.75, 3.05) is 6.61 Å². The van der Waals surface area contributed by atoms with E-state index in [0.29, 0.717) is 17.9 Å². The molecule has 1 aromatic rings. The third kappa shape index (κ3) is 5.36. The van der Waals surface area contributed by atoms with Gasteiger partial charge in [-0.05, 0) is 43.6 Å². The Bertz CT molecular complexity index is 633. The summed E-state index contributed by atoms with van der Waals surface area (Å²) in [4.78, 5) is 16.1. The smallest absolute Gasteiger partial charge is 0.253 e. The Morgan fingerprint density at radius 2 is 2.30 bits per heavy atom. The van der Waals surface area contributed by atoms with Crippen LogP contribution in [-0.4, -0.2) is 23.5 Å². The van der Waals surface area contributed by atoms with Crippen LogP contribution >= 0.6 is 0 Å². The first-order valence-corrected chi connectivity index (χ1v) is 7.70. The van der Waals surface area contributed by atoms with Crippen molar-refractivity contribution in [1.82, 2.24) is 10.3 Å². The van der Waals surface area contributed by atoms with Crippen molar-refractivity contribution >= 4 is 5.91 Å². The lowest BCUT2D eigenvalue weighted by atomic mass is 10.2. The van der Waals surface area contributed by atoms with Crippen LogP contribution < -0.4 is 10.1 Å². The first-order valence-electron chi connectivity index (χ1n) is 7.70. The molecule has 0 aromatic carbocycles. The fourth-order valence-electron chi connectivity index (χ4n) is 1.96. The van der Waals surface area contributed by atoms with Crippen LogP contribution in [0.4, 0.5) is 4.39 Å². The summed E-state index contributed by atoms with van der Waals surface area (Å²) in [5.41, 5.74) is 1.32. The van der Waals surface area contributed by atoms with E-state index in [4.69, 9.17) is 4.74 Å². The van der Waals surface area contributed by atoms with Gasteiger partial charge in [-0.3, -0.25) is 4.79 Å². The summed E-state index contributed by atoms with van der Waals surface area (Å²) in [7, 11) is 0. The zero-order chi connectivity index (χ0) is 16.7. The first-order chi connectivity index (χ1) is 11.1. The van der Waals surface area contributed by atoms with Crippen molar-refractivity contribution < 1.29 is 13.9 Å². The summed E-state index contributed by atoms with van der Waals surface area (Å²) in [6.45, 7) is 4.22. The Kier molecular flexibility index (Phi) is 6.09. The van der Waals surface area contributed by atoms with Gasteiger partial charge in [0, 0.05) is 18.3 Å². The molecule has 122 valence electrons. The highest BCUT2D eigenvalue weighted by molar-refractivity contribution is 5.94. The highest BCUT2D eigenvalue weighted by Gasteiger charge is 2.09. The molecule has 0 spiro atoms. The Morgan fingerprint density at radius 3 is 3.00 bits per heavy atom. The monoisotopic (exact) mass is 316 g/mol. The molecule has 0 aliphatic heterocycles. The summed E-state index contributed by atoms with van der Waals surface area (Å²) >= 11 is 0. The van der Waals surface area contributed by atoms with Gasteiger partial charge in [-0.25, -0.2) is 9.37 Å². The molecule has 0 bridgehead atoms. The number of hydrogen-bond acceptors (Lipinski definition) is 3. The number of carbonyl (C=O) groups excluding carboxylic acids is 1. The van der Waals surface area contributed by atoms with E-state index in [1.807, 2.05) is 19.9 Å². The van der Waals surface area contributed by atoms with Gasteiger partial charge in [0.15, 0.2) is 0 Å². The van der Waals surface area contributed by atoms with Crippen LogP contribution in [0.3, 0.4) is 0 Å². The van der Waals surface area contributed by atoms with Gasteiger partial charge in [0.1, 0.15) is 12.4 Å². The minimum atomic E-state index is -0.289. The lowest BCUT2D eigenvalue weighted by Gasteiger charge is -2.11. The highest BCUT2D eigenvalue weighted by Crippen LogP contribution is 2.15. The average molecular weight is 316 g/mol. The second kappa shape index (κ2) is 8.27. The molecule has 1 aromatic heterocycles. The van der Waals surface area contributed by atoms with Crippen LogP contribution in [0.15, 0.2) is 54.0 Å². The molecule has 1 amide bonds. The number of ether oxygens (including phenoxy) is 1. The first kappa shape index (κ1) is 16.9. The minimum absolute atomic E-state index is 0.122. The molecule has 2 rings (SSSR count). The molecular formula is C18H21FN2O2. The number of nitrogens with zero attached hydrogens (tertiary/aromatic N) is 1. The van der Waals surface area contributed by atoms with Crippen molar-refractivity contribution in [2.24, 2.45) is 0 Å². The molecule has 0 saturated carbocycles. The predicted octanol–water partition coefficient (Wildman–Crippen LogP) is 3.73. The number of rotatable bonds is 6. The Balaban J connectivity index is 1.91. The molecule has 0 fully saturated rings. The maximum atomic E-state index is 13.3. The normalized spacial score (nSPS) is 15.3. The van der Waals surface area contributed by atoms with Crippen LogP contribution in [0.1, 0.15) is 37.0 Å². The second-order valence-electron chi connectivity index (χ2n) is 5.44. The van der Waals surface area contributed by atoms with Crippen molar-refractivity contribution in [1.29, 1.82) is 0 Å². The molecule has 5 heteroatoms. The SMILES string of the molecule is CCC(C)NC(=O)c1ccc(OCC2=CC(F)=CC=CC2)nc1. The van der Waals surface area contributed by atoms with Gasteiger partial charge in [0.05, 0.1) is 5.56 Å². The van der Waals surface area contributed by atoms with Crippen molar-refractivity contribution in [3.05, 3.63) is 59.6 Å². The van der Waals surface area contributed by atoms with Crippen LogP contribution in [0.2, 0.25) is 0 Å². The van der Waals surface area contributed by atoms with E-state index in [2.05, 4.69) is 10.3 Å². The summed E-state index contributed by atoms with van der Waals surface area (Å²) in [5.74, 6) is -0.0341. The number of halogens is 1. The summed E-state index contributed by atoms with van der Waals surface area (Å²) in [5, 5.41) is 2.88. The molecule has 1 unspecified atom stereocenters. The summed E-state index contributed by atoms with van der Waals surface area (Å²) in [6, 6.07) is 3.43. The Labute approximate surface area is 135 Å². The number of carbonyl (C=O) groups is 1.